The SMILES string of the molecule is C.C.C.C.Cc1cc(C)c2nc(-c3ccc4c5ccccc5c5ccc[n+](C)c5c4c3C)n(C)c2c1.Cc1cc(C)c2nc(-c3ccc4cnc5ccc[n+](C)c5c4c3C)n(C)c2c1.Cc1cc(C)c2nc(-c3cccc(-c4nc(C)nc(C)[n+]4C)c3C)n(C)c2c1.Cc1cc(C)c2nc(-c3cccc(-c4nccc[n+]4C)c3C)n(C)c2c1. The first-order valence-corrected chi connectivity index (χ1v) is 39.0. The molecule has 0 aliphatic heterocycles. The van der Waals surface area contributed by atoms with Gasteiger partial charge in [-0.25, -0.2) is 38.6 Å². The van der Waals surface area contributed by atoms with E-state index in [4.69, 9.17) is 24.9 Å². The molecule has 0 bridgehead atoms. The Kier molecular flexibility index (Phi) is 23.5. The molecular weight excluding hydrogens is 1450 g/mol. The molecule has 0 saturated carbocycles. The Morgan fingerprint density at radius 2 is 0.695 bits per heavy atom. The summed E-state index contributed by atoms with van der Waals surface area (Å²) in [6.45, 7) is 29.8. The van der Waals surface area contributed by atoms with Gasteiger partial charge in [0.15, 0.2) is 12.4 Å². The van der Waals surface area contributed by atoms with E-state index >= 15 is 0 Å². The summed E-state index contributed by atoms with van der Waals surface area (Å²) >= 11 is 0. The minimum Gasteiger partial charge on any atom is -0.327 e. The maximum Gasteiger partial charge on any atom is 0.330 e. The second-order valence-corrected chi connectivity index (χ2v) is 31.4. The molecule has 19 aromatic rings. The molecule has 16 nitrogen and oxygen atoms in total. The quantitative estimate of drug-likeness (QED) is 0.118. The number of aryl methyl sites for hydroxylation is 19. The fourth-order valence-corrected chi connectivity index (χ4v) is 17.5. The maximum atomic E-state index is 5.11. The van der Waals surface area contributed by atoms with E-state index in [0.717, 1.165) is 113 Å². The first-order valence-electron chi connectivity index (χ1n) is 39.0. The molecule has 0 aliphatic rings. The summed E-state index contributed by atoms with van der Waals surface area (Å²) in [5, 5.41) is 8.88. The lowest BCUT2D eigenvalue weighted by molar-refractivity contribution is -0.672. The topological polar surface area (TPSA) is 138 Å². The van der Waals surface area contributed by atoms with Crippen LogP contribution in [0.4, 0.5) is 0 Å². The number of pyridine rings is 3. The van der Waals surface area contributed by atoms with Gasteiger partial charge in [0.2, 0.25) is 16.9 Å². The number of nitrogens with zero attached hydrogens (tertiary/aromatic N) is 16. The van der Waals surface area contributed by atoms with Gasteiger partial charge in [-0.2, -0.15) is 4.57 Å². The number of imidazole rings is 4. The van der Waals surface area contributed by atoms with E-state index in [0.29, 0.717) is 0 Å². The molecule has 0 N–H and O–H groups in total. The van der Waals surface area contributed by atoms with Crippen LogP contribution in [-0.4, -0.2) is 58.1 Å². The molecule has 0 radical (unpaired) electrons. The van der Waals surface area contributed by atoms with Gasteiger partial charge in [-0.3, -0.25) is 0 Å². The fraction of sp³-hybridized carbons (Fsp3) is 0.255. The van der Waals surface area contributed by atoms with Crippen LogP contribution in [0.2, 0.25) is 0 Å². The van der Waals surface area contributed by atoms with E-state index in [9.17, 15) is 0 Å². The molecule has 9 aromatic heterocycles. The molecule has 0 atom stereocenters. The highest BCUT2D eigenvalue weighted by atomic mass is 15.1. The van der Waals surface area contributed by atoms with E-state index in [1.54, 1.807) is 0 Å². The van der Waals surface area contributed by atoms with Gasteiger partial charge in [-0.15, -0.1) is 0 Å². The number of benzene rings is 10. The van der Waals surface area contributed by atoms with Crippen LogP contribution in [0, 0.1) is 96.9 Å². The minimum atomic E-state index is 0. The summed E-state index contributed by atoms with van der Waals surface area (Å²) in [5.41, 5.74) is 34.1. The van der Waals surface area contributed by atoms with E-state index < -0.39 is 0 Å². The van der Waals surface area contributed by atoms with Gasteiger partial charge in [-0.05, 0) is 220 Å². The van der Waals surface area contributed by atoms with Crippen molar-refractivity contribution in [3.63, 3.8) is 0 Å². The Morgan fingerprint density at radius 1 is 0.305 bits per heavy atom. The van der Waals surface area contributed by atoms with E-state index in [1.807, 2.05) is 63.2 Å². The van der Waals surface area contributed by atoms with Gasteiger partial charge in [0.1, 0.15) is 49.1 Å². The molecule has 0 unspecified atom stereocenters. The smallest absolute Gasteiger partial charge is 0.327 e. The van der Waals surface area contributed by atoms with Gasteiger partial charge >= 0.3 is 5.82 Å². The third-order valence-corrected chi connectivity index (χ3v) is 23.3. The number of hydrogen-bond acceptors (Lipinski definition) is 8. The average molecular weight is 1560 g/mol. The van der Waals surface area contributed by atoms with Crippen LogP contribution in [-0.2, 0) is 56.4 Å². The van der Waals surface area contributed by atoms with Crippen molar-refractivity contribution in [2.24, 2.45) is 56.4 Å². The molecule has 0 aliphatic carbocycles. The van der Waals surface area contributed by atoms with Crippen molar-refractivity contribution in [1.82, 2.24) is 58.1 Å². The first kappa shape index (κ1) is 84.3. The van der Waals surface area contributed by atoms with Crippen molar-refractivity contribution >= 4 is 98.4 Å². The van der Waals surface area contributed by atoms with Crippen molar-refractivity contribution < 1.29 is 18.3 Å². The van der Waals surface area contributed by atoms with Crippen LogP contribution in [0.1, 0.15) is 108 Å². The van der Waals surface area contributed by atoms with Gasteiger partial charge in [0.25, 0.3) is 11.6 Å². The lowest BCUT2D eigenvalue weighted by Crippen LogP contribution is -2.37. The highest BCUT2D eigenvalue weighted by Crippen LogP contribution is 2.42. The maximum absolute atomic E-state index is 5.11. The molecular formula is C102H114N16+4. The number of rotatable bonds is 6. The monoisotopic (exact) mass is 1560 g/mol. The highest BCUT2D eigenvalue weighted by molar-refractivity contribution is 6.25. The second-order valence-electron chi connectivity index (χ2n) is 31.4. The molecule has 19 rings (SSSR count). The standard InChI is InChI=1S/C29H26N3.C24H23N4.C23H26N5.C22H23N4.4CH4/c1-17-15-18(2)27-25(16-17)32(5)29(30-27)20-12-13-23-21-9-6-7-10-22(21)24-11-8-14-31(4)28(24)26(23)19(20)3;1-14-11-15(2)22-20(12-14)28(5)24(26-22)18-9-8-17-13-25-19-7-6-10-27(4)23(19)21(17)16(18)3;1-13-11-14(2)21-20(12-13)28(7)23(26-21)19-10-8-9-18(15(19)3)22-25-16(4)24-17(5)27(22)6;1-14-12-15(2)20-19(13-14)26(5)22(24-20)18-9-6-8-17(16(18)3)21-23-10-7-11-25(21)4;;;;/h6-16H,1-5H3;6-13H,1-5H3;8-12H,1-7H3;6-13H,1-5H3;4*1H4/q4*+1;;;;. The Bertz CT molecular complexity index is 7200. The molecule has 118 heavy (non-hydrogen) atoms. The molecule has 0 fully saturated rings. The Morgan fingerprint density at radius 3 is 1.16 bits per heavy atom. The zero-order valence-electron chi connectivity index (χ0n) is 69.6. The minimum absolute atomic E-state index is 0. The third kappa shape index (κ3) is 14.5. The Hall–Kier alpha value is -13.1. The summed E-state index contributed by atoms with van der Waals surface area (Å²) in [6, 6.07) is 58.4. The third-order valence-electron chi connectivity index (χ3n) is 23.3. The van der Waals surface area contributed by atoms with Gasteiger partial charge in [0.05, 0.1) is 91.7 Å². The average Bonchev–Trinajstić information content (AvgIpc) is 1.72. The summed E-state index contributed by atoms with van der Waals surface area (Å²) in [7, 11) is 16.7. The Balaban J connectivity index is 0.000000143. The van der Waals surface area contributed by atoms with Crippen LogP contribution >= 0.6 is 0 Å². The highest BCUT2D eigenvalue weighted by Gasteiger charge is 2.27. The molecule has 598 valence electrons. The van der Waals surface area contributed by atoms with Gasteiger partial charge < -0.3 is 18.3 Å². The normalized spacial score (nSPS) is 11.2. The van der Waals surface area contributed by atoms with Crippen LogP contribution in [0.5, 0.6) is 0 Å². The molecule has 9 heterocycles. The lowest BCUT2D eigenvalue weighted by Gasteiger charge is -2.13. The molecule has 0 amide bonds. The van der Waals surface area contributed by atoms with Gasteiger partial charge in [0, 0.05) is 94.1 Å². The summed E-state index contributed by atoms with van der Waals surface area (Å²) in [5.74, 6) is 7.61. The van der Waals surface area contributed by atoms with Crippen molar-refractivity contribution in [1.29, 1.82) is 0 Å². The molecule has 10 aromatic carbocycles. The molecule has 0 spiro atoms. The molecule has 16 heteroatoms. The van der Waals surface area contributed by atoms with Crippen molar-refractivity contribution in [3.8, 4) is 68.3 Å². The lowest BCUT2D eigenvalue weighted by atomic mass is 9.92. The zero-order chi connectivity index (χ0) is 80.3. The number of aromatic nitrogens is 16. The van der Waals surface area contributed by atoms with Crippen LogP contribution in [0.15, 0.2) is 195 Å². The summed E-state index contributed by atoms with van der Waals surface area (Å²) in [6.07, 6.45) is 10.1. The fourth-order valence-electron chi connectivity index (χ4n) is 17.5. The zero-order valence-corrected chi connectivity index (χ0v) is 69.6. The van der Waals surface area contributed by atoms with Crippen molar-refractivity contribution in [2.45, 2.75) is 127 Å². The van der Waals surface area contributed by atoms with Crippen molar-refractivity contribution in [3.05, 3.63) is 273 Å². The molecule has 0 saturated heterocycles. The predicted octanol–water partition coefficient (Wildman–Crippen LogP) is 21.8. The first-order chi connectivity index (χ1) is 54.6. The summed E-state index contributed by atoms with van der Waals surface area (Å²) < 4.78 is 17.3. The predicted molar refractivity (Wildman–Crippen MR) is 492 cm³/mol. The van der Waals surface area contributed by atoms with E-state index in [2.05, 4.69) is 336 Å². The number of fused-ring (bicyclic) bond motifs is 13. The number of hydrogen-bond donors (Lipinski definition) is 0. The summed E-state index contributed by atoms with van der Waals surface area (Å²) in [4.78, 5) is 38.5. The van der Waals surface area contributed by atoms with Crippen molar-refractivity contribution in [2.75, 3.05) is 0 Å². The van der Waals surface area contributed by atoms with E-state index in [-0.39, 0.29) is 29.7 Å². The largest absolute Gasteiger partial charge is 0.330 e. The van der Waals surface area contributed by atoms with Crippen LogP contribution in [0.3, 0.4) is 0 Å². The second kappa shape index (κ2) is 32.9. The van der Waals surface area contributed by atoms with Crippen LogP contribution in [0.25, 0.3) is 167 Å². The Labute approximate surface area is 695 Å². The van der Waals surface area contributed by atoms with Gasteiger partial charge in [-0.1, -0.05) is 137 Å². The van der Waals surface area contributed by atoms with Crippen LogP contribution < -0.4 is 18.3 Å². The van der Waals surface area contributed by atoms with E-state index in [1.165, 1.54) is 132 Å².